The van der Waals surface area contributed by atoms with Crippen molar-refractivity contribution >= 4 is 32.0 Å². The van der Waals surface area contributed by atoms with Gasteiger partial charge >= 0.3 is 26.6 Å². The molecule has 0 radical (unpaired) electrons. The van der Waals surface area contributed by atoms with E-state index in [2.05, 4.69) is 16.5 Å². The molecule has 316 valence electrons. The monoisotopic (exact) mass is 858 g/mol. The molecule has 2 aromatic heterocycles. The third-order valence-electron chi connectivity index (χ3n) is 8.70. The summed E-state index contributed by atoms with van der Waals surface area (Å²) in [6, 6.07) is 0. The molecule has 2 fully saturated rings. The van der Waals surface area contributed by atoms with Gasteiger partial charge in [0.25, 0.3) is 11.1 Å². The Balaban J connectivity index is 0.000000300. The number of H-pyrrole nitrogens is 2. The fourth-order valence-electron chi connectivity index (χ4n) is 5.85. The van der Waals surface area contributed by atoms with Crippen molar-refractivity contribution in [3.8, 4) is 0 Å². The average molecular weight is 859 g/mol. The molecule has 4 rings (SSSR count). The van der Waals surface area contributed by atoms with Crippen molar-refractivity contribution in [3.05, 3.63) is 77.1 Å². The van der Waals surface area contributed by atoms with Crippen molar-refractivity contribution in [1.29, 1.82) is 0 Å². The molecule has 22 nitrogen and oxygen atoms in total. The number of nitrogens with zero attached hydrogens (tertiary/aromatic N) is 2. The number of aromatic amines is 2. The summed E-state index contributed by atoms with van der Waals surface area (Å²) >= 11 is 4.82. The van der Waals surface area contributed by atoms with Crippen LogP contribution in [0.25, 0.3) is 0 Å². The van der Waals surface area contributed by atoms with Gasteiger partial charge in [-0.2, -0.15) is 0 Å². The van der Waals surface area contributed by atoms with Crippen molar-refractivity contribution in [2.45, 2.75) is 75.8 Å². The summed E-state index contributed by atoms with van der Waals surface area (Å²) in [6.45, 7) is 7.36. The summed E-state index contributed by atoms with van der Waals surface area (Å²) in [6.07, 6.45) is -4.62. The van der Waals surface area contributed by atoms with E-state index in [1.165, 1.54) is 59.2 Å². The number of hydrogen-bond acceptors (Lipinski definition) is 15. The highest BCUT2D eigenvalue weighted by Gasteiger charge is 2.49. The fourth-order valence-corrected chi connectivity index (χ4v) is 6.85. The van der Waals surface area contributed by atoms with Crippen LogP contribution in [-0.2, 0) is 47.0 Å². The molecule has 2 aromatic rings. The second-order valence-corrected chi connectivity index (χ2v) is 16.7. The standard InChI is InChI=1S/C16H25N2O9P.C15H23N2O9PS/c1-9-8-18(16(20)17-14(9)19)15-13(26-6-5-24-3)12(25-4)11(27-15)7-10(2)28(21,22)23;1-8-7-17(15(19)16-13(8)18)14-12(25-5-4-23-2)11(24-3)9(26-14)6-10(28)27(20,21)22/h8,11-13,15H,2,5-7H2,1,3-4H3,(H,17,19,20)(H2,21,22,23);7,9,11-12,14H,4-6H2,1-3H3,(H,16,18,19)(H2,20,21,22)/t11-,12-,13-,15-;9-,11-,12-,14-/m11/s1. The Kier molecular flexibility index (Phi) is 17.6. The lowest BCUT2D eigenvalue weighted by atomic mass is 10.1. The van der Waals surface area contributed by atoms with E-state index < -0.39 is 91.4 Å². The van der Waals surface area contributed by atoms with Crippen molar-refractivity contribution in [1.82, 2.24) is 19.1 Å². The van der Waals surface area contributed by atoms with Gasteiger partial charge in [0.1, 0.15) is 29.0 Å². The molecule has 0 saturated carbocycles. The Hall–Kier alpha value is -2.83. The zero-order valence-electron chi connectivity index (χ0n) is 31.4. The van der Waals surface area contributed by atoms with Gasteiger partial charge in [-0.3, -0.25) is 37.8 Å². The molecule has 0 spiro atoms. The maximum Gasteiger partial charge on any atom is 0.362 e. The molecule has 0 unspecified atom stereocenters. The van der Waals surface area contributed by atoms with Crippen molar-refractivity contribution < 1.29 is 66.6 Å². The molecule has 0 aliphatic carbocycles. The van der Waals surface area contributed by atoms with Crippen LogP contribution in [0.1, 0.15) is 36.4 Å². The van der Waals surface area contributed by atoms with Crippen molar-refractivity contribution in [3.63, 3.8) is 0 Å². The molecular weight excluding hydrogens is 810 g/mol. The summed E-state index contributed by atoms with van der Waals surface area (Å²) in [7, 11) is -3.32. The Bertz CT molecular complexity index is 1860. The number of nitrogens with one attached hydrogen (secondary N) is 2. The minimum atomic E-state index is -4.59. The summed E-state index contributed by atoms with van der Waals surface area (Å²) in [5.74, 6) is 0. The van der Waals surface area contributed by atoms with E-state index in [0.29, 0.717) is 0 Å². The molecular formula is C31H48N4O18P2S. The van der Waals surface area contributed by atoms with Gasteiger partial charge in [-0.25, -0.2) is 9.59 Å². The molecule has 0 bridgehead atoms. The van der Waals surface area contributed by atoms with Gasteiger partial charge in [-0.15, -0.1) is 0 Å². The summed E-state index contributed by atoms with van der Waals surface area (Å²) < 4.78 is 68.8. The van der Waals surface area contributed by atoms with Crippen molar-refractivity contribution in [2.75, 3.05) is 54.9 Å². The first-order chi connectivity index (χ1) is 26.2. The Morgan fingerprint density at radius 2 is 1.11 bits per heavy atom. The minimum absolute atomic E-state index is 0.160. The zero-order chi connectivity index (χ0) is 42.1. The first kappa shape index (κ1) is 47.5. The van der Waals surface area contributed by atoms with Gasteiger partial charge < -0.3 is 57.5 Å². The van der Waals surface area contributed by atoms with Crippen molar-refractivity contribution in [2.24, 2.45) is 0 Å². The van der Waals surface area contributed by atoms with Gasteiger partial charge in [0.15, 0.2) is 12.5 Å². The fraction of sp³-hybridized carbons (Fsp3) is 0.645. The zero-order valence-corrected chi connectivity index (χ0v) is 34.0. The molecule has 0 aromatic carbocycles. The predicted molar refractivity (Wildman–Crippen MR) is 200 cm³/mol. The number of ether oxygens (including phenoxy) is 8. The van der Waals surface area contributed by atoms with Gasteiger partial charge in [-0.05, 0) is 13.8 Å². The third kappa shape index (κ3) is 12.1. The van der Waals surface area contributed by atoms with Crippen LogP contribution < -0.4 is 22.5 Å². The highest BCUT2D eigenvalue weighted by atomic mass is 32.1. The SMILES string of the molecule is C=C(C[C@H]1O[C@@H](n2cc(C)c(=O)[nH]c2=O)[C@H](OCCOC)[C@@H]1OC)P(=O)(O)O.COCCO[C@@H]1[C@H](OC)[C@@H](CC(=S)P(=O)(O)O)O[C@H]1n1cc(C)c(=O)[nH]c1=O. The molecule has 2 aliphatic rings. The lowest BCUT2D eigenvalue weighted by Crippen LogP contribution is -2.41. The number of methoxy groups -OCH3 is 4. The number of aromatic nitrogens is 4. The van der Waals surface area contributed by atoms with E-state index in [1.54, 1.807) is 0 Å². The topological polar surface area (TPSA) is 299 Å². The normalized spacial score (nSPS) is 25.2. The molecule has 6 N–H and O–H groups in total. The average Bonchev–Trinajstić information content (AvgIpc) is 3.63. The molecule has 8 atom stereocenters. The van der Waals surface area contributed by atoms with E-state index in [4.69, 9.17) is 50.1 Å². The molecule has 2 saturated heterocycles. The van der Waals surface area contributed by atoms with Crippen LogP contribution in [0.4, 0.5) is 0 Å². The number of rotatable bonds is 18. The second-order valence-electron chi connectivity index (χ2n) is 12.6. The van der Waals surface area contributed by atoms with E-state index in [-0.39, 0.29) is 55.7 Å². The Morgan fingerprint density at radius 3 is 1.45 bits per heavy atom. The van der Waals surface area contributed by atoms with Gasteiger partial charge in [0, 0.05) is 70.1 Å². The number of aryl methyl sites for hydroxylation is 2. The second kappa shape index (κ2) is 20.7. The summed E-state index contributed by atoms with van der Waals surface area (Å²) in [5, 5.41) is -0.319. The van der Waals surface area contributed by atoms with Crippen LogP contribution in [0, 0.1) is 13.8 Å². The molecule has 56 heavy (non-hydrogen) atoms. The summed E-state index contributed by atoms with van der Waals surface area (Å²) in [5.41, 5.74) is -1.90. The summed E-state index contributed by atoms with van der Waals surface area (Å²) in [4.78, 5) is 89.4. The number of thiocarbonyl (C=S) groups is 1. The van der Waals surface area contributed by atoms with Crippen LogP contribution >= 0.6 is 27.4 Å². The van der Waals surface area contributed by atoms with Gasteiger partial charge in [-0.1, -0.05) is 18.8 Å². The Morgan fingerprint density at radius 1 is 0.714 bits per heavy atom. The van der Waals surface area contributed by atoms with E-state index in [9.17, 15) is 47.9 Å². The van der Waals surface area contributed by atoms with Gasteiger partial charge in [0.2, 0.25) is 0 Å². The largest absolute Gasteiger partial charge is 0.382 e. The van der Waals surface area contributed by atoms with Crippen LogP contribution in [-0.4, -0.2) is 135 Å². The maximum atomic E-state index is 12.3. The quantitative estimate of drug-likeness (QED) is 0.0629. The first-order valence-corrected chi connectivity index (χ1v) is 20.4. The lowest BCUT2D eigenvalue weighted by molar-refractivity contribution is -0.0838. The minimum Gasteiger partial charge on any atom is -0.382 e. The highest BCUT2D eigenvalue weighted by Crippen LogP contribution is 2.48. The predicted octanol–water partition coefficient (Wildman–Crippen LogP) is -0.445. The Labute approximate surface area is 325 Å². The first-order valence-electron chi connectivity index (χ1n) is 16.7. The van der Waals surface area contributed by atoms with Crippen LogP contribution in [0.2, 0.25) is 0 Å². The van der Waals surface area contributed by atoms with Crippen LogP contribution in [0.3, 0.4) is 0 Å². The van der Waals surface area contributed by atoms with Gasteiger partial charge in [0.05, 0.1) is 38.6 Å². The van der Waals surface area contributed by atoms with E-state index >= 15 is 0 Å². The smallest absolute Gasteiger partial charge is 0.362 e. The molecule has 2 aliphatic heterocycles. The number of hydrogen-bond donors (Lipinski definition) is 6. The maximum absolute atomic E-state index is 12.3. The van der Waals surface area contributed by atoms with Crippen LogP contribution in [0.15, 0.2) is 43.5 Å². The third-order valence-corrected chi connectivity index (χ3v) is 11.4. The van der Waals surface area contributed by atoms with E-state index in [0.717, 1.165) is 4.57 Å². The molecule has 4 heterocycles. The molecule has 0 amide bonds. The van der Waals surface area contributed by atoms with Crippen LogP contribution in [0.5, 0.6) is 0 Å². The van der Waals surface area contributed by atoms with E-state index in [1.807, 2.05) is 0 Å². The highest BCUT2D eigenvalue weighted by molar-refractivity contribution is 7.97. The molecule has 25 heteroatoms. The lowest BCUT2D eigenvalue weighted by Gasteiger charge is -2.24.